The maximum atomic E-state index is 6.24. The molecule has 2 N–H and O–H groups in total. The summed E-state index contributed by atoms with van der Waals surface area (Å²) in [5.41, 5.74) is 1.76. The van der Waals surface area contributed by atoms with Crippen molar-refractivity contribution in [2.45, 2.75) is 38.8 Å². The van der Waals surface area contributed by atoms with Gasteiger partial charge in [0.2, 0.25) is 5.95 Å². The lowest BCUT2D eigenvalue weighted by molar-refractivity contribution is -0.0298. The second kappa shape index (κ2) is 6.68. The summed E-state index contributed by atoms with van der Waals surface area (Å²) in [4.78, 5) is 8.80. The summed E-state index contributed by atoms with van der Waals surface area (Å²) in [7, 11) is 0. The van der Waals surface area contributed by atoms with E-state index in [0.29, 0.717) is 42.5 Å². The Hall–Kier alpha value is -2.06. The van der Waals surface area contributed by atoms with E-state index in [1.807, 2.05) is 11.6 Å². The first-order chi connectivity index (χ1) is 12.2. The number of hydrogen-bond acceptors (Lipinski definition) is 7. The van der Waals surface area contributed by atoms with Crippen molar-refractivity contribution >= 4 is 29.1 Å². The fourth-order valence-corrected chi connectivity index (χ4v) is 3.11. The van der Waals surface area contributed by atoms with Crippen molar-refractivity contribution in [1.29, 1.82) is 0 Å². The van der Waals surface area contributed by atoms with Crippen LogP contribution < -0.4 is 15.4 Å². The van der Waals surface area contributed by atoms with Crippen molar-refractivity contribution in [3.05, 3.63) is 16.9 Å². The van der Waals surface area contributed by atoms with Crippen molar-refractivity contribution in [1.82, 2.24) is 19.7 Å². The van der Waals surface area contributed by atoms with Crippen molar-refractivity contribution in [3.63, 3.8) is 0 Å². The SMILES string of the molecule is CCC1CCOc2nn(C3COC3)c(C)c2Nc2ncc(Cl)c(n2)N1. The highest BCUT2D eigenvalue weighted by molar-refractivity contribution is 6.32. The van der Waals surface area contributed by atoms with Crippen LogP contribution in [0.25, 0.3) is 0 Å². The lowest BCUT2D eigenvalue weighted by atomic mass is 10.1. The monoisotopic (exact) mass is 364 g/mol. The minimum atomic E-state index is 0.213. The Morgan fingerprint density at radius 2 is 2.24 bits per heavy atom. The smallest absolute Gasteiger partial charge is 0.257 e. The van der Waals surface area contributed by atoms with Crippen LogP contribution in [0.4, 0.5) is 17.5 Å². The highest BCUT2D eigenvalue weighted by atomic mass is 35.5. The Balaban J connectivity index is 1.73. The quantitative estimate of drug-likeness (QED) is 0.847. The van der Waals surface area contributed by atoms with E-state index in [9.17, 15) is 0 Å². The molecule has 2 aliphatic rings. The highest BCUT2D eigenvalue weighted by Gasteiger charge is 2.28. The lowest BCUT2D eigenvalue weighted by Crippen LogP contribution is -2.32. The van der Waals surface area contributed by atoms with Gasteiger partial charge in [-0.15, -0.1) is 5.10 Å². The summed E-state index contributed by atoms with van der Waals surface area (Å²) in [5.74, 6) is 1.66. The van der Waals surface area contributed by atoms with E-state index in [1.54, 1.807) is 6.20 Å². The summed E-state index contributed by atoms with van der Waals surface area (Å²) in [6.07, 6.45) is 3.36. The number of aromatic nitrogens is 4. The Morgan fingerprint density at radius 3 is 2.96 bits per heavy atom. The van der Waals surface area contributed by atoms with Crippen LogP contribution in [-0.4, -0.2) is 45.6 Å². The Morgan fingerprint density at radius 1 is 1.40 bits per heavy atom. The van der Waals surface area contributed by atoms with E-state index in [-0.39, 0.29) is 12.1 Å². The molecule has 2 aromatic rings. The van der Waals surface area contributed by atoms with Crippen LogP contribution in [0, 0.1) is 6.92 Å². The van der Waals surface area contributed by atoms with Gasteiger partial charge >= 0.3 is 0 Å². The highest BCUT2D eigenvalue weighted by Crippen LogP contribution is 2.34. The molecule has 2 aromatic heterocycles. The van der Waals surface area contributed by atoms with Gasteiger partial charge in [-0.25, -0.2) is 4.98 Å². The van der Waals surface area contributed by atoms with Gasteiger partial charge in [-0.2, -0.15) is 4.98 Å². The molecule has 134 valence electrons. The average Bonchev–Trinajstić information content (AvgIpc) is 2.83. The molecule has 0 aromatic carbocycles. The Kier molecular flexibility index (Phi) is 4.39. The van der Waals surface area contributed by atoms with Crippen LogP contribution in [0.3, 0.4) is 0 Å². The van der Waals surface area contributed by atoms with Crippen molar-refractivity contribution < 1.29 is 9.47 Å². The van der Waals surface area contributed by atoms with E-state index in [1.165, 1.54) is 0 Å². The molecule has 1 fully saturated rings. The zero-order valence-corrected chi connectivity index (χ0v) is 15.0. The second-order valence-corrected chi connectivity index (χ2v) is 6.71. The fourth-order valence-electron chi connectivity index (χ4n) is 2.97. The second-order valence-electron chi connectivity index (χ2n) is 6.30. The molecule has 1 saturated heterocycles. The topological polar surface area (TPSA) is 86.1 Å². The number of rotatable bonds is 2. The van der Waals surface area contributed by atoms with Gasteiger partial charge in [0.1, 0.15) is 10.7 Å². The normalized spacial score (nSPS) is 20.4. The molecule has 4 heterocycles. The van der Waals surface area contributed by atoms with E-state index in [0.717, 1.165) is 24.2 Å². The molecule has 2 bridgehead atoms. The Bertz CT molecular complexity index is 776. The minimum Gasteiger partial charge on any atom is -0.475 e. The van der Waals surface area contributed by atoms with Gasteiger partial charge < -0.3 is 20.1 Å². The van der Waals surface area contributed by atoms with Crippen LogP contribution in [0.5, 0.6) is 5.88 Å². The van der Waals surface area contributed by atoms with Crippen LogP contribution >= 0.6 is 11.6 Å². The average molecular weight is 365 g/mol. The first-order valence-electron chi connectivity index (χ1n) is 8.51. The summed E-state index contributed by atoms with van der Waals surface area (Å²) in [6.45, 7) is 6.02. The molecule has 2 aliphatic heterocycles. The van der Waals surface area contributed by atoms with Gasteiger partial charge in [0.15, 0.2) is 5.82 Å². The molecule has 8 nitrogen and oxygen atoms in total. The minimum absolute atomic E-state index is 0.213. The molecule has 1 atom stereocenters. The number of anilines is 3. The predicted molar refractivity (Wildman–Crippen MR) is 95.0 cm³/mol. The van der Waals surface area contributed by atoms with Gasteiger partial charge in [-0.1, -0.05) is 18.5 Å². The third kappa shape index (κ3) is 3.11. The molecule has 0 spiro atoms. The number of hydrogen-bond donors (Lipinski definition) is 2. The molecule has 0 saturated carbocycles. The van der Waals surface area contributed by atoms with E-state index >= 15 is 0 Å². The molecule has 25 heavy (non-hydrogen) atoms. The zero-order valence-electron chi connectivity index (χ0n) is 14.3. The molecule has 4 rings (SSSR count). The first kappa shape index (κ1) is 16.4. The molecule has 9 heteroatoms. The standard InChI is InChI=1S/C16H21ClN6O2/c1-3-10-4-5-25-15-13(9(2)23(22-15)11-7-24-8-11)20-16-18-6-12(17)14(19-10)21-16/h6,10-11H,3-5,7-8H2,1-2H3,(H2,18,19,20,21). The van der Waals surface area contributed by atoms with Gasteiger partial charge in [0.25, 0.3) is 5.88 Å². The van der Waals surface area contributed by atoms with Gasteiger partial charge in [0, 0.05) is 12.5 Å². The van der Waals surface area contributed by atoms with Gasteiger partial charge in [0.05, 0.1) is 37.8 Å². The molecule has 1 unspecified atom stereocenters. The maximum absolute atomic E-state index is 6.24. The maximum Gasteiger partial charge on any atom is 0.257 e. The first-order valence-corrected chi connectivity index (χ1v) is 8.89. The molecule has 0 radical (unpaired) electrons. The van der Waals surface area contributed by atoms with E-state index in [2.05, 4.69) is 32.6 Å². The van der Waals surface area contributed by atoms with Crippen molar-refractivity contribution in [3.8, 4) is 5.88 Å². The number of halogens is 1. The van der Waals surface area contributed by atoms with E-state index in [4.69, 9.17) is 21.1 Å². The largest absolute Gasteiger partial charge is 0.475 e. The van der Waals surface area contributed by atoms with Crippen molar-refractivity contribution in [2.75, 3.05) is 30.5 Å². The van der Waals surface area contributed by atoms with Crippen LogP contribution in [0.15, 0.2) is 6.20 Å². The van der Waals surface area contributed by atoms with E-state index < -0.39 is 0 Å². The summed E-state index contributed by atoms with van der Waals surface area (Å²) < 4.78 is 13.2. The zero-order chi connectivity index (χ0) is 17.4. The third-order valence-electron chi connectivity index (χ3n) is 4.60. The van der Waals surface area contributed by atoms with Crippen molar-refractivity contribution in [2.24, 2.45) is 0 Å². The molecule has 0 amide bonds. The predicted octanol–water partition coefficient (Wildman–Crippen LogP) is 2.92. The number of fused-ring (bicyclic) bond motifs is 3. The molecular weight excluding hydrogens is 344 g/mol. The van der Waals surface area contributed by atoms with Gasteiger partial charge in [-0.05, 0) is 13.3 Å². The van der Waals surface area contributed by atoms with Gasteiger partial charge in [-0.3, -0.25) is 4.68 Å². The fraction of sp³-hybridized carbons (Fsp3) is 0.562. The molecule has 0 aliphatic carbocycles. The Labute approximate surface area is 150 Å². The number of nitrogens with zero attached hydrogens (tertiary/aromatic N) is 4. The molecular formula is C16H21ClN6O2. The van der Waals surface area contributed by atoms with Crippen LogP contribution in [0.2, 0.25) is 5.02 Å². The van der Waals surface area contributed by atoms with Crippen LogP contribution in [0.1, 0.15) is 31.5 Å². The number of ether oxygens (including phenoxy) is 2. The number of nitrogens with one attached hydrogen (secondary N) is 2. The lowest BCUT2D eigenvalue weighted by Gasteiger charge is -2.27. The third-order valence-corrected chi connectivity index (χ3v) is 4.88. The summed E-state index contributed by atoms with van der Waals surface area (Å²) in [6, 6.07) is 0.461. The summed E-state index contributed by atoms with van der Waals surface area (Å²) >= 11 is 6.24. The van der Waals surface area contributed by atoms with Crippen LogP contribution in [-0.2, 0) is 4.74 Å². The summed E-state index contributed by atoms with van der Waals surface area (Å²) in [5, 5.41) is 11.8.